The van der Waals surface area contributed by atoms with Gasteiger partial charge in [-0.2, -0.15) is 0 Å². The number of hydrogen-bond donors (Lipinski definition) is 1. The molecule has 0 saturated heterocycles. The standard InChI is InChI=1S/C7H7ClOS/c8-5-6-2-1-3-7(4-6)10-9/h1-4,9H,5H2. The first kappa shape index (κ1) is 7.92. The van der Waals surface area contributed by atoms with Crippen LogP contribution in [-0.2, 0) is 5.88 Å². The summed E-state index contributed by atoms with van der Waals surface area (Å²) >= 11 is 6.30. The molecular weight excluding hydrogens is 168 g/mol. The van der Waals surface area contributed by atoms with Crippen molar-refractivity contribution < 1.29 is 4.55 Å². The second kappa shape index (κ2) is 3.86. The van der Waals surface area contributed by atoms with Gasteiger partial charge in [0.05, 0.1) is 0 Å². The summed E-state index contributed by atoms with van der Waals surface area (Å²) in [4.78, 5) is 0.832. The van der Waals surface area contributed by atoms with Gasteiger partial charge in [-0.3, -0.25) is 0 Å². The monoisotopic (exact) mass is 174 g/mol. The van der Waals surface area contributed by atoms with Gasteiger partial charge in [0, 0.05) is 22.8 Å². The van der Waals surface area contributed by atoms with Crippen molar-refractivity contribution in [2.24, 2.45) is 0 Å². The van der Waals surface area contributed by atoms with E-state index in [-0.39, 0.29) is 0 Å². The Morgan fingerprint density at radius 1 is 1.50 bits per heavy atom. The quantitative estimate of drug-likeness (QED) is 0.550. The predicted octanol–water partition coefficient (Wildman–Crippen LogP) is 2.99. The van der Waals surface area contributed by atoms with E-state index in [1.165, 1.54) is 0 Å². The molecule has 1 aromatic rings. The third-order valence-electron chi connectivity index (χ3n) is 1.16. The van der Waals surface area contributed by atoms with Gasteiger partial charge in [0.15, 0.2) is 0 Å². The minimum Gasteiger partial charge on any atom is -0.325 e. The number of rotatable bonds is 2. The smallest absolute Gasteiger partial charge is 0.0474 e. The third kappa shape index (κ3) is 1.90. The summed E-state index contributed by atoms with van der Waals surface area (Å²) in [7, 11) is 0. The third-order valence-corrected chi connectivity index (χ3v) is 1.93. The molecule has 0 spiro atoms. The average molecular weight is 175 g/mol. The fourth-order valence-electron chi connectivity index (χ4n) is 0.685. The zero-order chi connectivity index (χ0) is 7.40. The van der Waals surface area contributed by atoms with Crippen LogP contribution in [0, 0.1) is 0 Å². The molecule has 0 amide bonds. The molecule has 1 N–H and O–H groups in total. The van der Waals surface area contributed by atoms with Crippen LogP contribution < -0.4 is 0 Å². The summed E-state index contributed by atoms with van der Waals surface area (Å²) in [6, 6.07) is 7.49. The molecule has 0 aliphatic carbocycles. The van der Waals surface area contributed by atoms with Gasteiger partial charge in [-0.25, -0.2) is 0 Å². The summed E-state index contributed by atoms with van der Waals surface area (Å²) in [5.41, 5.74) is 1.03. The summed E-state index contributed by atoms with van der Waals surface area (Å²) in [5.74, 6) is 0.494. The van der Waals surface area contributed by atoms with Gasteiger partial charge in [0.2, 0.25) is 0 Å². The second-order valence-electron chi connectivity index (χ2n) is 1.87. The van der Waals surface area contributed by atoms with E-state index >= 15 is 0 Å². The molecule has 0 fully saturated rings. The Balaban J connectivity index is 2.87. The topological polar surface area (TPSA) is 20.2 Å². The lowest BCUT2D eigenvalue weighted by atomic mass is 10.2. The molecule has 0 aromatic heterocycles. The SMILES string of the molecule is OSc1cccc(CCl)c1. The van der Waals surface area contributed by atoms with Crippen molar-refractivity contribution in [3.8, 4) is 0 Å². The highest BCUT2D eigenvalue weighted by Gasteiger charge is 1.92. The van der Waals surface area contributed by atoms with E-state index in [1.807, 2.05) is 24.3 Å². The van der Waals surface area contributed by atoms with Crippen LogP contribution in [0.2, 0.25) is 0 Å². The Kier molecular flexibility index (Phi) is 3.06. The van der Waals surface area contributed by atoms with Crippen molar-refractivity contribution in [3.05, 3.63) is 29.8 Å². The number of hydrogen-bond acceptors (Lipinski definition) is 2. The van der Waals surface area contributed by atoms with Crippen molar-refractivity contribution in [1.29, 1.82) is 0 Å². The zero-order valence-electron chi connectivity index (χ0n) is 5.25. The lowest BCUT2D eigenvalue weighted by Gasteiger charge is -1.96. The van der Waals surface area contributed by atoms with Crippen LogP contribution in [0.3, 0.4) is 0 Å². The molecule has 54 valence electrons. The van der Waals surface area contributed by atoms with E-state index in [0.717, 1.165) is 22.5 Å². The summed E-state index contributed by atoms with van der Waals surface area (Å²) in [6.07, 6.45) is 0. The largest absolute Gasteiger partial charge is 0.325 e. The fourth-order valence-corrected chi connectivity index (χ4v) is 1.20. The van der Waals surface area contributed by atoms with Gasteiger partial charge in [0.1, 0.15) is 0 Å². The van der Waals surface area contributed by atoms with Gasteiger partial charge in [-0.05, 0) is 17.7 Å². The van der Waals surface area contributed by atoms with Crippen LogP contribution in [0.1, 0.15) is 5.56 Å². The summed E-state index contributed by atoms with van der Waals surface area (Å²) < 4.78 is 8.63. The van der Waals surface area contributed by atoms with Crippen LogP contribution in [0.5, 0.6) is 0 Å². The minimum atomic E-state index is 0.494. The molecule has 0 heterocycles. The highest BCUT2D eigenvalue weighted by molar-refractivity contribution is 7.93. The van der Waals surface area contributed by atoms with Crippen LogP contribution >= 0.6 is 23.6 Å². The van der Waals surface area contributed by atoms with E-state index < -0.39 is 0 Å². The van der Waals surface area contributed by atoms with Crippen molar-refractivity contribution >= 4 is 23.6 Å². The summed E-state index contributed by atoms with van der Waals surface area (Å²) in [5, 5.41) is 0. The lowest BCUT2D eigenvalue weighted by molar-refractivity contribution is 0.663. The highest BCUT2D eigenvalue weighted by atomic mass is 35.5. The maximum Gasteiger partial charge on any atom is 0.0474 e. The molecule has 10 heavy (non-hydrogen) atoms. The highest BCUT2D eigenvalue weighted by Crippen LogP contribution is 2.16. The fraction of sp³-hybridized carbons (Fsp3) is 0.143. The second-order valence-corrected chi connectivity index (χ2v) is 2.79. The summed E-state index contributed by atoms with van der Waals surface area (Å²) in [6.45, 7) is 0. The van der Waals surface area contributed by atoms with Crippen LogP contribution in [0.15, 0.2) is 29.2 Å². The van der Waals surface area contributed by atoms with Crippen LogP contribution in [0.25, 0.3) is 0 Å². The molecule has 0 radical (unpaired) electrons. The molecule has 3 heteroatoms. The van der Waals surface area contributed by atoms with E-state index in [9.17, 15) is 0 Å². The van der Waals surface area contributed by atoms with Crippen molar-refractivity contribution in [1.82, 2.24) is 0 Å². The Morgan fingerprint density at radius 2 is 2.30 bits per heavy atom. The molecular formula is C7H7ClOS. The number of halogens is 1. The molecule has 0 atom stereocenters. The Labute approximate surface area is 69.2 Å². The van der Waals surface area contributed by atoms with Gasteiger partial charge in [0.25, 0.3) is 0 Å². The zero-order valence-corrected chi connectivity index (χ0v) is 6.82. The van der Waals surface area contributed by atoms with Crippen molar-refractivity contribution in [2.45, 2.75) is 10.8 Å². The number of benzene rings is 1. The van der Waals surface area contributed by atoms with Crippen molar-refractivity contribution in [3.63, 3.8) is 0 Å². The van der Waals surface area contributed by atoms with Gasteiger partial charge >= 0.3 is 0 Å². The van der Waals surface area contributed by atoms with E-state index in [0.29, 0.717) is 5.88 Å². The van der Waals surface area contributed by atoms with Crippen LogP contribution in [-0.4, -0.2) is 4.55 Å². The molecule has 0 aliphatic heterocycles. The number of alkyl halides is 1. The molecule has 1 aromatic carbocycles. The van der Waals surface area contributed by atoms with Gasteiger partial charge in [-0.15, -0.1) is 11.6 Å². The first-order valence-corrected chi connectivity index (χ1v) is 4.14. The lowest BCUT2D eigenvalue weighted by Crippen LogP contribution is -1.76. The maximum atomic E-state index is 8.63. The van der Waals surface area contributed by atoms with Crippen LogP contribution in [0.4, 0.5) is 0 Å². The van der Waals surface area contributed by atoms with E-state index in [4.69, 9.17) is 16.2 Å². The molecule has 0 aliphatic rings. The first-order valence-electron chi connectivity index (χ1n) is 2.83. The molecule has 0 saturated carbocycles. The Bertz CT molecular complexity index is 195. The first-order chi connectivity index (χ1) is 4.86. The molecule has 0 bridgehead atoms. The van der Waals surface area contributed by atoms with Gasteiger partial charge < -0.3 is 4.55 Å². The van der Waals surface area contributed by atoms with Gasteiger partial charge in [-0.1, -0.05) is 12.1 Å². The predicted molar refractivity (Wildman–Crippen MR) is 44.5 cm³/mol. The minimum absolute atomic E-state index is 0.494. The van der Waals surface area contributed by atoms with E-state index in [2.05, 4.69) is 0 Å². The maximum absolute atomic E-state index is 8.63. The Hall–Kier alpha value is -0.180. The van der Waals surface area contributed by atoms with E-state index in [1.54, 1.807) is 0 Å². The molecule has 1 rings (SSSR count). The normalized spacial score (nSPS) is 9.80. The average Bonchev–Trinajstić information content (AvgIpc) is 2.05. The molecule has 1 nitrogen and oxygen atoms in total. The Morgan fingerprint density at radius 3 is 2.90 bits per heavy atom. The molecule has 0 unspecified atom stereocenters. The van der Waals surface area contributed by atoms with Crippen molar-refractivity contribution in [2.75, 3.05) is 0 Å².